The van der Waals surface area contributed by atoms with Crippen molar-refractivity contribution in [3.05, 3.63) is 0 Å². The van der Waals surface area contributed by atoms with E-state index in [9.17, 15) is 30.6 Å². The second-order valence-corrected chi connectivity index (χ2v) is 5.51. The predicted molar refractivity (Wildman–Crippen MR) is 67.2 cm³/mol. The number of rotatable bonds is 3. The number of hydrogen-bond acceptors (Lipinski definition) is 10. The Labute approximate surface area is 126 Å². The van der Waals surface area contributed by atoms with E-state index in [1.54, 1.807) is 0 Å². The number of aliphatic hydroxyl groups excluding tert-OH is 7. The van der Waals surface area contributed by atoms with Crippen molar-refractivity contribution in [1.82, 2.24) is 0 Å². The van der Waals surface area contributed by atoms with Gasteiger partial charge in [-0.1, -0.05) is 0 Å². The summed E-state index contributed by atoms with van der Waals surface area (Å²) in [6.07, 6.45) is -14.4. The van der Waals surface area contributed by atoms with E-state index in [-0.39, 0.29) is 0 Å². The largest absolute Gasteiger partial charge is 0.394 e. The third-order valence-corrected chi connectivity index (χ3v) is 3.94. The quantitative estimate of drug-likeness (QED) is 0.269. The summed E-state index contributed by atoms with van der Waals surface area (Å²) < 4.78 is 15.3. The van der Waals surface area contributed by atoms with Crippen LogP contribution in [-0.4, -0.2) is 104 Å². The Kier molecular flexibility index (Phi) is 5.72. The summed E-state index contributed by atoms with van der Waals surface area (Å²) in [5.41, 5.74) is 0. The van der Waals surface area contributed by atoms with Crippen molar-refractivity contribution < 1.29 is 50.0 Å². The highest BCUT2D eigenvalue weighted by Crippen LogP contribution is 2.28. The van der Waals surface area contributed by atoms with Crippen LogP contribution in [0, 0.1) is 0 Å². The van der Waals surface area contributed by atoms with E-state index in [1.165, 1.54) is 6.92 Å². The highest BCUT2D eigenvalue weighted by Gasteiger charge is 2.49. The molecule has 0 aromatic heterocycles. The molecule has 0 unspecified atom stereocenters. The molecule has 22 heavy (non-hydrogen) atoms. The monoisotopic (exact) mass is 326 g/mol. The molecular formula is C12H22O10. The van der Waals surface area contributed by atoms with Gasteiger partial charge in [-0.25, -0.2) is 0 Å². The van der Waals surface area contributed by atoms with Crippen molar-refractivity contribution >= 4 is 0 Å². The molecule has 0 radical (unpaired) electrons. The molecule has 0 saturated carbocycles. The third kappa shape index (κ3) is 3.26. The molecule has 0 aromatic carbocycles. The molecule has 10 atom stereocenters. The number of hydrogen-bond donors (Lipinski definition) is 7. The summed E-state index contributed by atoms with van der Waals surface area (Å²) in [4.78, 5) is 0. The zero-order valence-corrected chi connectivity index (χ0v) is 11.8. The Balaban J connectivity index is 2.08. The molecule has 0 spiro atoms. The molecule has 2 aliphatic rings. The van der Waals surface area contributed by atoms with Gasteiger partial charge < -0.3 is 50.0 Å². The average molecular weight is 326 g/mol. The maximum absolute atomic E-state index is 9.92. The lowest BCUT2D eigenvalue weighted by molar-refractivity contribution is -0.359. The molecule has 2 rings (SSSR count). The first kappa shape index (κ1) is 17.9. The first-order valence-electron chi connectivity index (χ1n) is 6.93. The Morgan fingerprint density at radius 1 is 0.818 bits per heavy atom. The topological polar surface area (TPSA) is 169 Å². The molecule has 2 heterocycles. The molecule has 10 nitrogen and oxygen atoms in total. The minimum atomic E-state index is -1.69. The summed E-state index contributed by atoms with van der Waals surface area (Å²) >= 11 is 0. The van der Waals surface area contributed by atoms with Gasteiger partial charge in [0.25, 0.3) is 0 Å². The summed E-state index contributed by atoms with van der Waals surface area (Å²) in [6, 6.07) is 0. The maximum Gasteiger partial charge on any atom is 0.187 e. The van der Waals surface area contributed by atoms with Gasteiger partial charge in [-0.2, -0.15) is 0 Å². The summed E-state index contributed by atoms with van der Waals surface area (Å²) in [6.45, 7) is 0.803. The lowest BCUT2D eigenvalue weighted by Crippen LogP contribution is -2.63. The Hall–Kier alpha value is -0.400. The normalized spacial score (nSPS) is 53.5. The van der Waals surface area contributed by atoms with Crippen LogP contribution in [0.1, 0.15) is 6.92 Å². The molecule has 2 fully saturated rings. The first-order chi connectivity index (χ1) is 10.3. The van der Waals surface area contributed by atoms with Crippen LogP contribution >= 0.6 is 0 Å². The highest BCUT2D eigenvalue weighted by molar-refractivity contribution is 4.92. The van der Waals surface area contributed by atoms with Crippen LogP contribution in [-0.2, 0) is 14.2 Å². The van der Waals surface area contributed by atoms with Crippen LogP contribution < -0.4 is 0 Å². The summed E-state index contributed by atoms with van der Waals surface area (Å²) in [5, 5.41) is 67.6. The van der Waals surface area contributed by atoms with Crippen molar-refractivity contribution in [3.63, 3.8) is 0 Å². The molecule has 0 aromatic rings. The maximum atomic E-state index is 9.92. The van der Waals surface area contributed by atoms with Gasteiger partial charge in [0, 0.05) is 0 Å². The van der Waals surface area contributed by atoms with E-state index in [2.05, 4.69) is 0 Å². The van der Waals surface area contributed by atoms with E-state index in [1.807, 2.05) is 0 Å². The zero-order chi connectivity index (χ0) is 16.6. The highest BCUT2D eigenvalue weighted by atomic mass is 16.7. The molecule has 130 valence electrons. The van der Waals surface area contributed by atoms with Gasteiger partial charge in [-0.15, -0.1) is 0 Å². The third-order valence-electron chi connectivity index (χ3n) is 3.94. The molecule has 0 aliphatic carbocycles. The Morgan fingerprint density at radius 2 is 1.45 bits per heavy atom. The molecule has 10 heteroatoms. The fraction of sp³-hybridized carbons (Fsp3) is 1.00. The van der Waals surface area contributed by atoms with Gasteiger partial charge >= 0.3 is 0 Å². The van der Waals surface area contributed by atoms with Crippen LogP contribution in [0.5, 0.6) is 0 Å². The van der Waals surface area contributed by atoms with Gasteiger partial charge in [-0.3, -0.25) is 0 Å². The zero-order valence-electron chi connectivity index (χ0n) is 11.8. The fourth-order valence-corrected chi connectivity index (χ4v) is 2.50. The molecule has 0 amide bonds. The van der Waals surface area contributed by atoms with Gasteiger partial charge in [0.2, 0.25) is 0 Å². The van der Waals surface area contributed by atoms with Gasteiger partial charge in [0.05, 0.1) is 12.7 Å². The molecule has 2 aliphatic heterocycles. The summed E-state index contributed by atoms with van der Waals surface area (Å²) in [7, 11) is 0. The first-order valence-corrected chi connectivity index (χ1v) is 6.93. The van der Waals surface area contributed by atoms with E-state index >= 15 is 0 Å². The molecule has 7 N–H and O–H groups in total. The van der Waals surface area contributed by atoms with Crippen LogP contribution in [0.2, 0.25) is 0 Å². The minimum Gasteiger partial charge on any atom is -0.394 e. The van der Waals surface area contributed by atoms with E-state index < -0.39 is 68.0 Å². The second-order valence-electron chi connectivity index (χ2n) is 5.51. The molecular weight excluding hydrogens is 304 g/mol. The standard InChI is InChI=1S/C12H22O10/c1-3-5(14)8(17)10(11(19)20-3)22-12-9(18)7(16)6(15)4(2-13)21-12/h3-19H,2H2,1H3/t3-,4+,5-,6-,7-,8+,9+,10+,11+,12-/m0/s1. The van der Waals surface area contributed by atoms with Gasteiger partial charge in [-0.05, 0) is 6.92 Å². The molecule has 2 saturated heterocycles. The van der Waals surface area contributed by atoms with Crippen molar-refractivity contribution in [2.24, 2.45) is 0 Å². The smallest absolute Gasteiger partial charge is 0.187 e. The van der Waals surface area contributed by atoms with Gasteiger partial charge in [0.15, 0.2) is 12.6 Å². The minimum absolute atomic E-state index is 0.642. The lowest BCUT2D eigenvalue weighted by atomic mass is 9.98. The number of ether oxygens (including phenoxy) is 3. The van der Waals surface area contributed by atoms with Crippen LogP contribution in [0.15, 0.2) is 0 Å². The van der Waals surface area contributed by atoms with E-state index in [0.29, 0.717) is 0 Å². The Morgan fingerprint density at radius 3 is 2.05 bits per heavy atom. The molecule has 0 bridgehead atoms. The average Bonchev–Trinajstić information content (AvgIpc) is 2.49. The van der Waals surface area contributed by atoms with Crippen LogP contribution in [0.4, 0.5) is 0 Å². The van der Waals surface area contributed by atoms with E-state index in [0.717, 1.165) is 0 Å². The van der Waals surface area contributed by atoms with Crippen molar-refractivity contribution in [1.29, 1.82) is 0 Å². The SMILES string of the molecule is C[C@@H]1O[C@@H](O)[C@H](O[C@@H]2O[C@H](CO)[C@H](O)[C@H](O)[C@H]2O)[C@H](O)[C@H]1O. The lowest BCUT2D eigenvalue weighted by Gasteiger charge is -2.44. The summed E-state index contributed by atoms with van der Waals surface area (Å²) in [5.74, 6) is 0. The van der Waals surface area contributed by atoms with E-state index in [4.69, 9.17) is 19.3 Å². The van der Waals surface area contributed by atoms with Crippen LogP contribution in [0.25, 0.3) is 0 Å². The fourth-order valence-electron chi connectivity index (χ4n) is 2.50. The van der Waals surface area contributed by atoms with Crippen molar-refractivity contribution in [3.8, 4) is 0 Å². The van der Waals surface area contributed by atoms with Gasteiger partial charge in [0.1, 0.15) is 42.7 Å². The Bertz CT molecular complexity index is 366. The second kappa shape index (κ2) is 7.01. The predicted octanol–water partition coefficient (Wildman–Crippen LogP) is -4.37. The number of aliphatic hydroxyl groups is 7. The van der Waals surface area contributed by atoms with Crippen LogP contribution in [0.3, 0.4) is 0 Å². The van der Waals surface area contributed by atoms with Crippen molar-refractivity contribution in [2.75, 3.05) is 6.61 Å². The van der Waals surface area contributed by atoms with Crippen molar-refractivity contribution in [2.45, 2.75) is 68.3 Å².